The normalized spacial score (nSPS) is 26.4. The van der Waals surface area contributed by atoms with E-state index < -0.39 is 5.60 Å². The van der Waals surface area contributed by atoms with Crippen molar-refractivity contribution < 1.29 is 19.0 Å². The standard InChI is InChI=1S/C20H35N3O4/c1-13(2)16-18(26-7)21-15(17(22-16)25-6)11-14-9-8-10-23(12-14)19(24)27-20(3,4)5/h13-16H,8-12H2,1-7H3/t14-,15-,16?/m0/s1. The molecule has 0 aliphatic carbocycles. The van der Waals surface area contributed by atoms with Gasteiger partial charge in [0.05, 0.1) is 14.2 Å². The molecule has 0 aromatic rings. The molecule has 2 aliphatic rings. The van der Waals surface area contributed by atoms with E-state index in [-0.39, 0.29) is 24.1 Å². The van der Waals surface area contributed by atoms with Crippen molar-refractivity contribution >= 4 is 17.9 Å². The van der Waals surface area contributed by atoms with Crippen LogP contribution in [0, 0.1) is 11.8 Å². The molecule has 2 rings (SSSR count). The number of methoxy groups -OCH3 is 2. The number of aliphatic imine (C=N–C) groups is 2. The summed E-state index contributed by atoms with van der Waals surface area (Å²) in [5.74, 6) is 1.93. The van der Waals surface area contributed by atoms with Crippen LogP contribution in [0.3, 0.4) is 0 Å². The van der Waals surface area contributed by atoms with Gasteiger partial charge in [-0.3, -0.25) is 0 Å². The van der Waals surface area contributed by atoms with Gasteiger partial charge < -0.3 is 19.1 Å². The Morgan fingerprint density at radius 3 is 2.41 bits per heavy atom. The van der Waals surface area contributed by atoms with Gasteiger partial charge in [0.15, 0.2) is 0 Å². The summed E-state index contributed by atoms with van der Waals surface area (Å²) in [6.07, 6.45) is 2.56. The summed E-state index contributed by atoms with van der Waals surface area (Å²) in [4.78, 5) is 23.7. The number of piperidine rings is 1. The summed E-state index contributed by atoms with van der Waals surface area (Å²) in [6.45, 7) is 11.3. The van der Waals surface area contributed by atoms with Gasteiger partial charge in [-0.15, -0.1) is 0 Å². The second-order valence-corrected chi connectivity index (χ2v) is 8.72. The molecule has 2 heterocycles. The Morgan fingerprint density at radius 1 is 1.19 bits per heavy atom. The number of ether oxygens (including phenoxy) is 3. The van der Waals surface area contributed by atoms with E-state index >= 15 is 0 Å². The zero-order chi connectivity index (χ0) is 20.2. The number of nitrogens with zero attached hydrogens (tertiary/aromatic N) is 3. The lowest BCUT2D eigenvalue weighted by Gasteiger charge is -2.35. The Morgan fingerprint density at radius 2 is 1.85 bits per heavy atom. The third kappa shape index (κ3) is 5.84. The molecule has 0 radical (unpaired) electrons. The van der Waals surface area contributed by atoms with Crippen LogP contribution < -0.4 is 0 Å². The molecule has 0 saturated carbocycles. The van der Waals surface area contributed by atoms with Gasteiger partial charge in [0, 0.05) is 13.1 Å². The van der Waals surface area contributed by atoms with Crippen LogP contribution in [0.5, 0.6) is 0 Å². The summed E-state index contributed by atoms with van der Waals surface area (Å²) in [7, 11) is 3.29. The van der Waals surface area contributed by atoms with Crippen LogP contribution in [0.2, 0.25) is 0 Å². The van der Waals surface area contributed by atoms with Crippen molar-refractivity contribution in [1.29, 1.82) is 0 Å². The highest BCUT2D eigenvalue weighted by molar-refractivity contribution is 5.94. The summed E-state index contributed by atoms with van der Waals surface area (Å²) in [5.41, 5.74) is -0.479. The van der Waals surface area contributed by atoms with Crippen LogP contribution >= 0.6 is 0 Å². The van der Waals surface area contributed by atoms with E-state index in [1.165, 1.54) is 0 Å². The fraction of sp³-hybridized carbons (Fsp3) is 0.850. The van der Waals surface area contributed by atoms with Crippen molar-refractivity contribution in [2.45, 2.75) is 71.6 Å². The van der Waals surface area contributed by atoms with Gasteiger partial charge >= 0.3 is 6.09 Å². The maximum atomic E-state index is 12.4. The lowest BCUT2D eigenvalue weighted by molar-refractivity contribution is 0.0160. The first-order valence-corrected chi connectivity index (χ1v) is 9.86. The smallest absolute Gasteiger partial charge is 0.410 e. The molecule has 7 heteroatoms. The summed E-state index contributed by atoms with van der Waals surface area (Å²) >= 11 is 0. The first kappa shape index (κ1) is 21.5. The van der Waals surface area contributed by atoms with E-state index in [4.69, 9.17) is 24.2 Å². The number of carbonyl (C=O) groups excluding carboxylic acids is 1. The highest BCUT2D eigenvalue weighted by atomic mass is 16.6. The molecular formula is C20H35N3O4. The van der Waals surface area contributed by atoms with Crippen molar-refractivity contribution in [3.63, 3.8) is 0 Å². The molecule has 1 saturated heterocycles. The number of rotatable bonds is 3. The van der Waals surface area contributed by atoms with Crippen LogP contribution in [0.15, 0.2) is 9.98 Å². The zero-order valence-corrected chi connectivity index (χ0v) is 17.8. The fourth-order valence-corrected chi connectivity index (χ4v) is 3.58. The number of hydrogen-bond acceptors (Lipinski definition) is 6. The van der Waals surface area contributed by atoms with Crippen LogP contribution in [0.25, 0.3) is 0 Å². The molecule has 154 valence electrons. The van der Waals surface area contributed by atoms with E-state index in [2.05, 4.69) is 13.8 Å². The number of likely N-dealkylation sites (tertiary alicyclic amines) is 1. The lowest BCUT2D eigenvalue weighted by Crippen LogP contribution is -2.44. The highest BCUT2D eigenvalue weighted by Crippen LogP contribution is 2.27. The highest BCUT2D eigenvalue weighted by Gasteiger charge is 2.34. The molecule has 0 aromatic carbocycles. The van der Waals surface area contributed by atoms with E-state index in [0.717, 1.165) is 25.8 Å². The minimum atomic E-state index is -0.479. The van der Waals surface area contributed by atoms with E-state index in [0.29, 0.717) is 24.3 Å². The van der Waals surface area contributed by atoms with Crippen molar-refractivity contribution in [3.05, 3.63) is 0 Å². The third-order valence-electron chi connectivity index (χ3n) is 4.86. The third-order valence-corrected chi connectivity index (χ3v) is 4.86. The Balaban J connectivity index is 2.05. The van der Waals surface area contributed by atoms with Crippen molar-refractivity contribution in [3.8, 4) is 0 Å². The van der Waals surface area contributed by atoms with Crippen molar-refractivity contribution in [2.75, 3.05) is 27.3 Å². The lowest BCUT2D eigenvalue weighted by atomic mass is 9.90. The first-order valence-electron chi connectivity index (χ1n) is 9.86. The quantitative estimate of drug-likeness (QED) is 0.750. The fourth-order valence-electron chi connectivity index (χ4n) is 3.58. The minimum absolute atomic E-state index is 0.106. The zero-order valence-electron chi connectivity index (χ0n) is 17.8. The predicted octanol–water partition coefficient (Wildman–Crippen LogP) is 3.52. The van der Waals surface area contributed by atoms with Crippen LogP contribution in [-0.4, -0.2) is 67.8 Å². The molecule has 0 N–H and O–H groups in total. The molecule has 1 unspecified atom stereocenters. The maximum Gasteiger partial charge on any atom is 0.410 e. The summed E-state index contributed by atoms with van der Waals surface area (Å²) in [6, 6.07) is -0.269. The van der Waals surface area contributed by atoms with Gasteiger partial charge in [0.2, 0.25) is 11.8 Å². The molecule has 2 aliphatic heterocycles. The molecule has 3 atom stereocenters. The molecule has 0 spiro atoms. The van der Waals surface area contributed by atoms with Crippen LogP contribution in [-0.2, 0) is 14.2 Å². The van der Waals surface area contributed by atoms with Crippen LogP contribution in [0.4, 0.5) is 4.79 Å². The van der Waals surface area contributed by atoms with E-state index in [9.17, 15) is 4.79 Å². The van der Waals surface area contributed by atoms with Gasteiger partial charge in [0.1, 0.15) is 17.7 Å². The summed E-state index contributed by atoms with van der Waals surface area (Å²) < 4.78 is 16.6. The Bertz CT molecular complexity index is 580. The predicted molar refractivity (Wildman–Crippen MR) is 106 cm³/mol. The molecule has 27 heavy (non-hydrogen) atoms. The van der Waals surface area contributed by atoms with E-state index in [1.54, 1.807) is 14.2 Å². The Labute approximate surface area is 163 Å². The maximum absolute atomic E-state index is 12.4. The van der Waals surface area contributed by atoms with Gasteiger partial charge in [-0.1, -0.05) is 13.8 Å². The molecule has 0 aromatic heterocycles. The largest absolute Gasteiger partial charge is 0.483 e. The first-order chi connectivity index (χ1) is 12.6. The van der Waals surface area contributed by atoms with Crippen molar-refractivity contribution in [2.24, 2.45) is 21.8 Å². The SMILES string of the molecule is COC1=N[C@@H](C[C@@H]2CCCN(C(=O)OC(C)(C)C)C2)C(OC)=NC1C(C)C. The summed E-state index contributed by atoms with van der Waals surface area (Å²) in [5, 5.41) is 0. The molecular weight excluding hydrogens is 346 g/mol. The van der Waals surface area contributed by atoms with Crippen LogP contribution in [0.1, 0.15) is 53.9 Å². The second-order valence-electron chi connectivity index (χ2n) is 8.72. The second kappa shape index (κ2) is 8.93. The number of carbonyl (C=O) groups is 1. The van der Waals surface area contributed by atoms with Gasteiger partial charge in [-0.05, 0) is 51.9 Å². The Kier molecular flexibility index (Phi) is 7.12. The van der Waals surface area contributed by atoms with Gasteiger partial charge in [0.25, 0.3) is 0 Å². The number of amides is 1. The minimum Gasteiger partial charge on any atom is -0.483 e. The van der Waals surface area contributed by atoms with Gasteiger partial charge in [-0.2, -0.15) is 0 Å². The average Bonchev–Trinajstić information content (AvgIpc) is 2.59. The molecule has 7 nitrogen and oxygen atoms in total. The monoisotopic (exact) mass is 381 g/mol. The topological polar surface area (TPSA) is 72.7 Å². The molecule has 1 fully saturated rings. The van der Waals surface area contributed by atoms with E-state index in [1.807, 2.05) is 25.7 Å². The average molecular weight is 382 g/mol. The number of hydrogen-bond donors (Lipinski definition) is 0. The van der Waals surface area contributed by atoms with Gasteiger partial charge in [-0.25, -0.2) is 14.8 Å². The molecule has 1 amide bonds. The van der Waals surface area contributed by atoms with Crippen molar-refractivity contribution in [1.82, 2.24) is 4.90 Å². The Hall–Kier alpha value is -1.79. The molecule has 0 bridgehead atoms.